The van der Waals surface area contributed by atoms with Crippen LogP contribution in [0.25, 0.3) is 0 Å². The lowest BCUT2D eigenvalue weighted by Crippen LogP contribution is -2.52. The van der Waals surface area contributed by atoms with Gasteiger partial charge in [-0.05, 0) is 64.9 Å². The highest BCUT2D eigenvalue weighted by atomic mass is 35.5. The Hall–Kier alpha value is -2.02. The summed E-state index contributed by atoms with van der Waals surface area (Å²) < 4.78 is 15.0. The van der Waals surface area contributed by atoms with E-state index < -0.39 is 23.2 Å². The fraction of sp³-hybridized carbons (Fsp3) is 0.696. The quantitative estimate of drug-likeness (QED) is 0.268. The van der Waals surface area contributed by atoms with Gasteiger partial charge >= 0.3 is 18.0 Å². The second-order valence-corrected chi connectivity index (χ2v) is 9.24. The van der Waals surface area contributed by atoms with E-state index in [1.54, 1.807) is 26.8 Å². The SMILES string of the molecule is CCl.COC(=O)C12C=CC(CC1)C2.COC(=O)C12C=CC(CC1)N2C(=O)OC(C)(C)C. The number of fused-ring (bicyclic) bond motifs is 4. The predicted octanol–water partition coefficient (Wildman–Crippen LogP) is 4.24. The Morgan fingerprint density at radius 1 is 0.968 bits per heavy atom. The minimum absolute atomic E-state index is 0.0475. The number of methoxy groups -OCH3 is 2. The molecule has 8 heteroatoms. The van der Waals surface area contributed by atoms with Crippen LogP contribution in [0.3, 0.4) is 0 Å². The van der Waals surface area contributed by atoms with Crippen LogP contribution >= 0.6 is 11.6 Å². The van der Waals surface area contributed by atoms with Crippen molar-refractivity contribution < 1.29 is 28.6 Å². The van der Waals surface area contributed by atoms with Gasteiger partial charge in [-0.25, -0.2) is 9.59 Å². The Morgan fingerprint density at radius 2 is 1.61 bits per heavy atom. The average molecular weight is 456 g/mol. The number of halogens is 1. The lowest BCUT2D eigenvalue weighted by atomic mass is 9.88. The first-order valence-electron chi connectivity index (χ1n) is 10.5. The van der Waals surface area contributed by atoms with Crippen molar-refractivity contribution in [1.29, 1.82) is 0 Å². The molecule has 174 valence electrons. The van der Waals surface area contributed by atoms with Gasteiger partial charge in [0.05, 0.1) is 25.7 Å². The van der Waals surface area contributed by atoms with Gasteiger partial charge in [0.1, 0.15) is 5.60 Å². The molecule has 1 amide bonds. The summed E-state index contributed by atoms with van der Waals surface area (Å²) >= 11 is 4.64. The number of nitrogens with zero attached hydrogens (tertiary/aromatic N) is 1. The number of hydrogen-bond donors (Lipinski definition) is 0. The van der Waals surface area contributed by atoms with Crippen molar-refractivity contribution in [3.8, 4) is 0 Å². The lowest BCUT2D eigenvalue weighted by molar-refractivity contribution is -0.150. The molecular formula is C23H34ClNO6. The molecule has 1 saturated carbocycles. The van der Waals surface area contributed by atoms with E-state index in [2.05, 4.69) is 17.7 Å². The van der Waals surface area contributed by atoms with E-state index in [-0.39, 0.29) is 17.4 Å². The molecule has 4 bridgehead atoms. The van der Waals surface area contributed by atoms with Gasteiger partial charge < -0.3 is 14.2 Å². The van der Waals surface area contributed by atoms with E-state index in [0.717, 1.165) is 25.7 Å². The minimum atomic E-state index is -0.957. The van der Waals surface area contributed by atoms with E-state index in [1.165, 1.54) is 25.5 Å². The van der Waals surface area contributed by atoms with Crippen molar-refractivity contribution in [1.82, 2.24) is 4.90 Å². The highest BCUT2D eigenvalue weighted by Gasteiger charge is 2.57. The van der Waals surface area contributed by atoms with Crippen LogP contribution in [0.2, 0.25) is 0 Å². The second kappa shape index (κ2) is 9.63. The van der Waals surface area contributed by atoms with Crippen molar-refractivity contribution in [2.24, 2.45) is 11.3 Å². The van der Waals surface area contributed by atoms with Crippen molar-refractivity contribution in [3.05, 3.63) is 24.3 Å². The number of carbonyl (C=O) groups is 3. The maximum absolute atomic E-state index is 12.2. The van der Waals surface area contributed by atoms with Crippen molar-refractivity contribution in [2.75, 3.05) is 20.6 Å². The van der Waals surface area contributed by atoms with E-state index in [9.17, 15) is 14.4 Å². The maximum atomic E-state index is 12.2. The molecule has 4 atom stereocenters. The molecule has 4 aliphatic rings. The average Bonchev–Trinajstić information content (AvgIpc) is 3.52. The number of hydrogen-bond acceptors (Lipinski definition) is 6. The molecule has 0 aromatic carbocycles. The Morgan fingerprint density at radius 3 is 2.00 bits per heavy atom. The highest BCUT2D eigenvalue weighted by molar-refractivity contribution is 6.15. The first-order chi connectivity index (χ1) is 14.6. The molecule has 4 unspecified atom stereocenters. The molecule has 0 aromatic rings. The maximum Gasteiger partial charge on any atom is 0.412 e. The smallest absolute Gasteiger partial charge is 0.412 e. The summed E-state index contributed by atoms with van der Waals surface area (Å²) in [4.78, 5) is 37.0. The van der Waals surface area contributed by atoms with E-state index in [4.69, 9.17) is 14.2 Å². The number of esters is 2. The number of rotatable bonds is 2. The summed E-state index contributed by atoms with van der Waals surface area (Å²) in [6.45, 7) is 5.42. The summed E-state index contributed by atoms with van der Waals surface area (Å²) in [5.74, 6) is 0.201. The van der Waals surface area contributed by atoms with Crippen molar-refractivity contribution in [2.45, 2.75) is 70.1 Å². The third-order valence-corrected chi connectivity index (χ3v) is 6.17. The first kappa shape index (κ1) is 25.2. The second-order valence-electron chi connectivity index (χ2n) is 9.24. The van der Waals surface area contributed by atoms with Crippen LogP contribution in [0.5, 0.6) is 0 Å². The number of ether oxygens (including phenoxy) is 3. The van der Waals surface area contributed by atoms with Crippen LogP contribution < -0.4 is 0 Å². The summed E-state index contributed by atoms with van der Waals surface area (Å²) in [7, 11) is 2.81. The summed E-state index contributed by atoms with van der Waals surface area (Å²) in [5.41, 5.74) is -1.75. The Balaban J connectivity index is 0.000000224. The van der Waals surface area contributed by atoms with Crippen LogP contribution in [0, 0.1) is 11.3 Å². The third-order valence-electron chi connectivity index (χ3n) is 6.17. The van der Waals surface area contributed by atoms with Crippen LogP contribution in [0.15, 0.2) is 24.3 Å². The van der Waals surface area contributed by atoms with Gasteiger partial charge in [0, 0.05) is 6.38 Å². The summed E-state index contributed by atoms with van der Waals surface area (Å²) in [5, 5.41) is 0. The monoisotopic (exact) mass is 455 g/mol. The van der Waals surface area contributed by atoms with Crippen molar-refractivity contribution in [3.63, 3.8) is 0 Å². The summed E-state index contributed by atoms with van der Waals surface area (Å²) in [6.07, 6.45) is 13.3. The zero-order chi connectivity index (χ0) is 23.4. The van der Waals surface area contributed by atoms with Crippen molar-refractivity contribution >= 4 is 29.6 Å². The number of carbonyl (C=O) groups excluding carboxylic acids is 3. The van der Waals surface area contributed by atoms with Crippen LogP contribution in [-0.2, 0) is 23.8 Å². The molecule has 0 radical (unpaired) electrons. The molecule has 0 aromatic heterocycles. The third kappa shape index (κ3) is 4.92. The Labute approximate surface area is 189 Å². The lowest BCUT2D eigenvalue weighted by Gasteiger charge is -2.33. The van der Waals surface area contributed by atoms with Crippen LogP contribution in [0.1, 0.15) is 52.9 Å². The number of alkyl halides is 1. The molecule has 1 saturated heterocycles. The molecular weight excluding hydrogens is 422 g/mol. The molecule has 2 heterocycles. The van der Waals surface area contributed by atoms with Gasteiger partial charge in [-0.15, -0.1) is 11.6 Å². The van der Waals surface area contributed by atoms with Gasteiger partial charge in [-0.3, -0.25) is 9.69 Å². The Kier molecular flexibility index (Phi) is 7.84. The minimum Gasteiger partial charge on any atom is -0.468 e. The van der Waals surface area contributed by atoms with Crippen LogP contribution in [-0.4, -0.2) is 60.7 Å². The normalized spacial score (nSPS) is 31.4. The predicted molar refractivity (Wildman–Crippen MR) is 118 cm³/mol. The van der Waals surface area contributed by atoms with Gasteiger partial charge in [-0.1, -0.05) is 18.2 Å². The molecule has 2 aliphatic heterocycles. The topological polar surface area (TPSA) is 82.1 Å². The van der Waals surface area contributed by atoms with E-state index >= 15 is 0 Å². The number of allylic oxidation sites excluding steroid dienone is 1. The molecule has 0 spiro atoms. The van der Waals surface area contributed by atoms with E-state index in [1.807, 2.05) is 12.2 Å². The molecule has 2 aliphatic carbocycles. The molecule has 0 N–H and O–H groups in total. The molecule has 31 heavy (non-hydrogen) atoms. The van der Waals surface area contributed by atoms with Gasteiger partial charge in [0.25, 0.3) is 0 Å². The fourth-order valence-electron chi connectivity index (χ4n) is 4.79. The number of amides is 1. The summed E-state index contributed by atoms with van der Waals surface area (Å²) in [6, 6.07) is -0.0565. The standard InChI is InChI=1S/C13H19NO4.C9H12O2.CH3Cl/c1-12(2,3)18-11(16)14-9-5-7-13(14,8-6-9)10(15)17-4;1-11-8(10)9-4-2-7(6-9)3-5-9;1-2/h5,7,9H,6,8H2,1-4H3;2,4,7H,3,5-6H2,1H3;1H3. The molecule has 7 nitrogen and oxygen atoms in total. The van der Waals surface area contributed by atoms with Gasteiger partial charge in [-0.2, -0.15) is 0 Å². The van der Waals surface area contributed by atoms with E-state index in [0.29, 0.717) is 12.3 Å². The Bertz CT molecular complexity index is 758. The zero-order valence-corrected chi connectivity index (χ0v) is 20.0. The zero-order valence-electron chi connectivity index (χ0n) is 19.3. The largest absolute Gasteiger partial charge is 0.468 e. The van der Waals surface area contributed by atoms with Gasteiger partial charge in [0.2, 0.25) is 0 Å². The first-order valence-corrected chi connectivity index (χ1v) is 11.3. The fourth-order valence-corrected chi connectivity index (χ4v) is 4.79. The highest BCUT2D eigenvalue weighted by Crippen LogP contribution is 2.49. The van der Waals surface area contributed by atoms with Crippen LogP contribution in [0.4, 0.5) is 4.79 Å². The van der Waals surface area contributed by atoms with Gasteiger partial charge in [0.15, 0.2) is 5.54 Å². The molecule has 4 rings (SSSR count). The molecule has 2 fully saturated rings.